The topological polar surface area (TPSA) is 80.8 Å². The lowest BCUT2D eigenvalue weighted by atomic mass is 9.94. The van der Waals surface area contributed by atoms with Gasteiger partial charge in [0.05, 0.1) is 0 Å². The Kier molecular flexibility index (Phi) is 4.94. The number of rotatable bonds is 5. The summed E-state index contributed by atoms with van der Waals surface area (Å²) in [6.45, 7) is 0.135. The number of amides is 2. The maximum atomic E-state index is 12.8. The summed E-state index contributed by atoms with van der Waals surface area (Å²) in [5.41, 5.74) is 1.01. The van der Waals surface area contributed by atoms with Crippen LogP contribution in [0.15, 0.2) is 36.4 Å². The van der Waals surface area contributed by atoms with Crippen LogP contribution in [0.4, 0.5) is 0 Å². The van der Waals surface area contributed by atoms with E-state index in [-0.39, 0.29) is 30.6 Å². The van der Waals surface area contributed by atoms with Gasteiger partial charge in [-0.15, -0.1) is 0 Å². The van der Waals surface area contributed by atoms with Crippen molar-refractivity contribution in [1.82, 2.24) is 4.90 Å². The molecule has 2 aromatic carbocycles. The third-order valence-electron chi connectivity index (χ3n) is 5.39. The van der Waals surface area contributed by atoms with E-state index in [1.54, 1.807) is 24.3 Å². The predicted molar refractivity (Wildman–Crippen MR) is 102 cm³/mol. The molecule has 1 heterocycles. The monoisotopic (exact) mass is 379 g/mol. The second-order valence-corrected chi connectivity index (χ2v) is 7.27. The highest BCUT2D eigenvalue weighted by molar-refractivity contribution is 6.25. The molecular weight excluding hydrogens is 358 g/mol. The Morgan fingerprint density at radius 2 is 1.68 bits per heavy atom. The van der Waals surface area contributed by atoms with Crippen molar-refractivity contribution in [2.75, 3.05) is 6.54 Å². The van der Waals surface area contributed by atoms with E-state index in [1.807, 2.05) is 12.1 Å². The van der Waals surface area contributed by atoms with Gasteiger partial charge >= 0.3 is 5.97 Å². The molecule has 0 radical (unpaired) electrons. The molecule has 0 N–H and O–H groups in total. The Hall–Kier alpha value is -3.02. The SMILES string of the molecule is O=C(CCCN1C(=O)c2cccc3cccc(c23)C1=O)OC1CCCCC1=O. The lowest BCUT2D eigenvalue weighted by Gasteiger charge is -2.27. The molecule has 2 aromatic rings. The van der Waals surface area contributed by atoms with Crippen molar-refractivity contribution < 1.29 is 23.9 Å². The Balaban J connectivity index is 1.40. The lowest BCUT2D eigenvalue weighted by Crippen LogP contribution is -2.41. The molecule has 2 aliphatic rings. The number of imide groups is 1. The number of nitrogens with zero attached hydrogens (tertiary/aromatic N) is 1. The largest absolute Gasteiger partial charge is 0.454 e. The van der Waals surface area contributed by atoms with Crippen LogP contribution in [0.25, 0.3) is 10.8 Å². The second kappa shape index (κ2) is 7.54. The van der Waals surface area contributed by atoms with Crippen LogP contribution in [0, 0.1) is 0 Å². The minimum absolute atomic E-state index is 0.0225. The van der Waals surface area contributed by atoms with Crippen LogP contribution in [-0.4, -0.2) is 41.1 Å². The molecular formula is C22H21NO5. The first-order valence-electron chi connectivity index (χ1n) is 9.66. The van der Waals surface area contributed by atoms with Crippen molar-refractivity contribution in [3.63, 3.8) is 0 Å². The number of benzene rings is 2. The number of Topliss-reactive ketones (excluding diaryl/α,β-unsaturated/α-hetero) is 1. The Morgan fingerprint density at radius 1 is 1.00 bits per heavy atom. The van der Waals surface area contributed by atoms with Crippen molar-refractivity contribution >= 4 is 34.3 Å². The second-order valence-electron chi connectivity index (χ2n) is 7.27. The molecule has 6 heteroatoms. The predicted octanol–water partition coefficient (Wildman–Crippen LogP) is 3.27. The summed E-state index contributed by atoms with van der Waals surface area (Å²) in [5, 5.41) is 1.54. The molecule has 1 aliphatic carbocycles. The van der Waals surface area contributed by atoms with Crippen LogP contribution in [0.2, 0.25) is 0 Å². The van der Waals surface area contributed by atoms with Crippen LogP contribution in [-0.2, 0) is 14.3 Å². The Morgan fingerprint density at radius 3 is 2.32 bits per heavy atom. The van der Waals surface area contributed by atoms with Gasteiger partial charge in [-0.25, -0.2) is 0 Å². The van der Waals surface area contributed by atoms with E-state index in [1.165, 1.54) is 4.90 Å². The summed E-state index contributed by atoms with van der Waals surface area (Å²) >= 11 is 0. The molecule has 4 rings (SSSR count). The average molecular weight is 379 g/mol. The first-order valence-corrected chi connectivity index (χ1v) is 9.66. The molecule has 0 spiro atoms. The Labute approximate surface area is 162 Å². The van der Waals surface area contributed by atoms with Crippen molar-refractivity contribution in [2.45, 2.75) is 44.6 Å². The summed E-state index contributed by atoms with van der Waals surface area (Å²) in [7, 11) is 0. The van der Waals surface area contributed by atoms with Gasteiger partial charge in [0.2, 0.25) is 0 Å². The number of carbonyl (C=O) groups excluding carboxylic acids is 4. The maximum Gasteiger partial charge on any atom is 0.306 e. The summed E-state index contributed by atoms with van der Waals surface area (Å²) in [5.74, 6) is -1.17. The van der Waals surface area contributed by atoms with Gasteiger partial charge in [0.1, 0.15) is 0 Å². The third kappa shape index (κ3) is 3.30. The standard InChI is InChI=1S/C22H21NO5/c24-17-10-1-2-11-18(17)28-19(25)12-5-13-23-21(26)15-8-3-6-14-7-4-9-16(20(14)15)22(23)27/h3-4,6-9,18H,1-2,5,10-13H2. The highest BCUT2D eigenvalue weighted by atomic mass is 16.5. The molecule has 0 bridgehead atoms. The number of hydrogen-bond acceptors (Lipinski definition) is 5. The fourth-order valence-corrected chi connectivity index (χ4v) is 3.96. The molecule has 1 fully saturated rings. The highest BCUT2D eigenvalue weighted by Gasteiger charge is 2.32. The Bertz CT molecular complexity index is 929. The number of carbonyl (C=O) groups is 4. The number of esters is 1. The smallest absolute Gasteiger partial charge is 0.306 e. The van der Waals surface area contributed by atoms with Crippen LogP contribution in [0.5, 0.6) is 0 Å². The van der Waals surface area contributed by atoms with E-state index in [0.29, 0.717) is 35.8 Å². The molecule has 144 valence electrons. The molecule has 2 amide bonds. The van der Waals surface area contributed by atoms with E-state index >= 15 is 0 Å². The van der Waals surface area contributed by atoms with E-state index in [9.17, 15) is 19.2 Å². The van der Waals surface area contributed by atoms with Gasteiger partial charge in [0.15, 0.2) is 11.9 Å². The molecule has 1 saturated carbocycles. The van der Waals surface area contributed by atoms with Crippen LogP contribution in [0.1, 0.15) is 59.2 Å². The summed E-state index contributed by atoms with van der Waals surface area (Å²) in [6, 6.07) is 10.8. The van der Waals surface area contributed by atoms with Gasteiger partial charge < -0.3 is 4.74 Å². The van der Waals surface area contributed by atoms with E-state index < -0.39 is 12.1 Å². The lowest BCUT2D eigenvalue weighted by molar-refractivity contribution is -0.156. The number of ketones is 1. The van der Waals surface area contributed by atoms with Gasteiger partial charge in [-0.2, -0.15) is 0 Å². The molecule has 28 heavy (non-hydrogen) atoms. The van der Waals surface area contributed by atoms with Crippen molar-refractivity contribution in [1.29, 1.82) is 0 Å². The van der Waals surface area contributed by atoms with Crippen LogP contribution >= 0.6 is 0 Å². The maximum absolute atomic E-state index is 12.8. The van der Waals surface area contributed by atoms with E-state index in [4.69, 9.17) is 4.74 Å². The van der Waals surface area contributed by atoms with Gasteiger partial charge in [-0.05, 0) is 43.2 Å². The van der Waals surface area contributed by atoms with Crippen molar-refractivity contribution in [3.05, 3.63) is 47.5 Å². The molecule has 1 aliphatic heterocycles. The average Bonchev–Trinajstić information content (AvgIpc) is 2.70. The quantitative estimate of drug-likeness (QED) is 0.588. The highest BCUT2D eigenvalue weighted by Crippen LogP contribution is 2.30. The molecule has 0 aromatic heterocycles. The van der Waals surface area contributed by atoms with Gasteiger partial charge in [-0.1, -0.05) is 24.3 Å². The fraction of sp³-hybridized carbons (Fsp3) is 0.364. The van der Waals surface area contributed by atoms with Crippen molar-refractivity contribution in [3.8, 4) is 0 Å². The van der Waals surface area contributed by atoms with Gasteiger partial charge in [-0.3, -0.25) is 24.1 Å². The summed E-state index contributed by atoms with van der Waals surface area (Å²) < 4.78 is 5.27. The minimum Gasteiger partial charge on any atom is -0.454 e. The zero-order valence-electron chi connectivity index (χ0n) is 15.5. The minimum atomic E-state index is -0.635. The molecule has 1 atom stereocenters. The fourth-order valence-electron chi connectivity index (χ4n) is 3.96. The zero-order valence-corrected chi connectivity index (χ0v) is 15.5. The number of hydrogen-bond donors (Lipinski definition) is 0. The van der Waals surface area contributed by atoms with Gasteiger partial charge in [0.25, 0.3) is 11.8 Å². The zero-order chi connectivity index (χ0) is 19.7. The summed E-state index contributed by atoms with van der Waals surface area (Å²) in [4.78, 5) is 50.6. The molecule has 6 nitrogen and oxygen atoms in total. The first kappa shape index (κ1) is 18.3. The van der Waals surface area contributed by atoms with Crippen LogP contribution in [0.3, 0.4) is 0 Å². The number of ether oxygens (including phenoxy) is 1. The van der Waals surface area contributed by atoms with Gasteiger partial charge in [0, 0.05) is 35.9 Å². The first-order chi connectivity index (χ1) is 13.6. The summed E-state index contributed by atoms with van der Waals surface area (Å²) in [6.07, 6.45) is 2.49. The van der Waals surface area contributed by atoms with E-state index in [2.05, 4.69) is 0 Å². The third-order valence-corrected chi connectivity index (χ3v) is 5.39. The molecule has 0 saturated heterocycles. The van der Waals surface area contributed by atoms with Crippen LogP contribution < -0.4 is 0 Å². The molecule has 1 unspecified atom stereocenters. The van der Waals surface area contributed by atoms with E-state index in [0.717, 1.165) is 18.2 Å². The normalized spacial score (nSPS) is 19.2. The van der Waals surface area contributed by atoms with Crippen molar-refractivity contribution in [2.24, 2.45) is 0 Å².